The summed E-state index contributed by atoms with van der Waals surface area (Å²) in [6, 6.07) is 11.1. The Bertz CT molecular complexity index is 1150. The minimum Gasteiger partial charge on any atom is -0.454 e. The second-order valence-electron chi connectivity index (χ2n) is 6.42. The summed E-state index contributed by atoms with van der Waals surface area (Å²) in [5.41, 5.74) is 2.64. The maximum absolute atomic E-state index is 12.5. The number of para-hydroxylation sites is 1. The van der Waals surface area contributed by atoms with E-state index in [1.807, 2.05) is 25.1 Å². The van der Waals surface area contributed by atoms with Crippen molar-refractivity contribution < 1.29 is 22.7 Å². The maximum Gasteiger partial charge on any atom is 0.338 e. The number of ether oxygens (including phenoxy) is 1. The molecule has 7 nitrogen and oxygen atoms in total. The number of nitrogens with one attached hydrogen (secondary N) is 2. The molecule has 3 aromatic rings. The minimum absolute atomic E-state index is 0.0532. The average Bonchev–Trinajstić information content (AvgIpc) is 3.16. The number of ketones is 1. The standard InChI is InChI=1S/C21H22N2O5S/c1-3-14-6-5-7-17-18(12-22-20(14)17)19(24)13-28-21(25)15-8-10-16(11-9-15)29(26,27)23-4-2/h5-12,22-23H,3-4,13H2,1-2H3. The molecule has 8 heteroatoms. The van der Waals surface area contributed by atoms with Gasteiger partial charge in [-0.3, -0.25) is 4.79 Å². The van der Waals surface area contributed by atoms with Crippen molar-refractivity contribution in [3.05, 3.63) is 65.4 Å². The van der Waals surface area contributed by atoms with Gasteiger partial charge in [0.2, 0.25) is 15.8 Å². The summed E-state index contributed by atoms with van der Waals surface area (Å²) in [4.78, 5) is 27.9. The number of sulfonamides is 1. The molecule has 0 atom stereocenters. The molecule has 2 aromatic carbocycles. The molecule has 0 saturated carbocycles. The van der Waals surface area contributed by atoms with Crippen LogP contribution in [0.4, 0.5) is 0 Å². The van der Waals surface area contributed by atoms with Crippen LogP contribution in [0, 0.1) is 0 Å². The molecule has 1 heterocycles. The molecule has 0 unspecified atom stereocenters. The third kappa shape index (κ3) is 4.38. The van der Waals surface area contributed by atoms with Crippen molar-refractivity contribution in [1.29, 1.82) is 0 Å². The molecule has 29 heavy (non-hydrogen) atoms. The number of fused-ring (bicyclic) bond motifs is 1. The van der Waals surface area contributed by atoms with Crippen molar-refractivity contribution in [3.63, 3.8) is 0 Å². The van der Waals surface area contributed by atoms with E-state index >= 15 is 0 Å². The summed E-state index contributed by atoms with van der Waals surface area (Å²) in [5.74, 6) is -1.01. The molecule has 0 saturated heterocycles. The Morgan fingerprint density at radius 2 is 1.79 bits per heavy atom. The van der Waals surface area contributed by atoms with Gasteiger partial charge in [0.05, 0.1) is 10.5 Å². The lowest BCUT2D eigenvalue weighted by molar-refractivity contribution is 0.0475. The van der Waals surface area contributed by atoms with Crippen molar-refractivity contribution in [2.45, 2.75) is 25.2 Å². The Hall–Kier alpha value is -2.97. The van der Waals surface area contributed by atoms with E-state index in [1.54, 1.807) is 13.1 Å². The molecule has 0 spiro atoms. The number of aromatic nitrogens is 1. The van der Waals surface area contributed by atoms with Gasteiger partial charge in [-0.1, -0.05) is 32.0 Å². The van der Waals surface area contributed by atoms with E-state index in [-0.39, 0.29) is 22.8 Å². The van der Waals surface area contributed by atoms with Gasteiger partial charge in [0.25, 0.3) is 0 Å². The number of benzene rings is 2. The number of hydrogen-bond donors (Lipinski definition) is 2. The molecule has 3 rings (SSSR count). The summed E-state index contributed by atoms with van der Waals surface area (Å²) >= 11 is 0. The van der Waals surface area contributed by atoms with Gasteiger partial charge in [-0.25, -0.2) is 17.9 Å². The van der Waals surface area contributed by atoms with Crippen LogP contribution in [-0.2, 0) is 21.2 Å². The highest BCUT2D eigenvalue weighted by atomic mass is 32.2. The SMILES string of the molecule is CCNS(=O)(=O)c1ccc(C(=O)OCC(=O)c2c[nH]c3c(CC)cccc23)cc1. The molecule has 2 N–H and O–H groups in total. The second kappa shape index (κ2) is 8.59. The third-order valence-electron chi connectivity index (χ3n) is 4.55. The van der Waals surface area contributed by atoms with E-state index in [0.29, 0.717) is 5.56 Å². The first kappa shape index (κ1) is 20.8. The van der Waals surface area contributed by atoms with Gasteiger partial charge >= 0.3 is 5.97 Å². The number of H-pyrrole nitrogens is 1. The monoisotopic (exact) mass is 414 g/mol. The highest BCUT2D eigenvalue weighted by Crippen LogP contribution is 2.22. The predicted molar refractivity (Wildman–Crippen MR) is 110 cm³/mol. The first-order chi connectivity index (χ1) is 13.9. The number of aromatic amines is 1. The number of aryl methyl sites for hydroxylation is 1. The van der Waals surface area contributed by atoms with E-state index in [9.17, 15) is 18.0 Å². The predicted octanol–water partition coefficient (Wildman–Crippen LogP) is 3.07. The van der Waals surface area contributed by atoms with Crippen molar-refractivity contribution in [2.24, 2.45) is 0 Å². The van der Waals surface area contributed by atoms with Crippen LogP contribution in [0.1, 0.15) is 40.1 Å². The first-order valence-electron chi connectivity index (χ1n) is 9.26. The van der Waals surface area contributed by atoms with Gasteiger partial charge in [0, 0.05) is 29.2 Å². The largest absolute Gasteiger partial charge is 0.454 e. The Balaban J connectivity index is 1.69. The van der Waals surface area contributed by atoms with Crippen molar-refractivity contribution in [3.8, 4) is 0 Å². The summed E-state index contributed by atoms with van der Waals surface area (Å²) in [6.07, 6.45) is 2.46. The van der Waals surface area contributed by atoms with Crippen LogP contribution < -0.4 is 4.72 Å². The Morgan fingerprint density at radius 1 is 1.07 bits per heavy atom. The summed E-state index contributed by atoms with van der Waals surface area (Å²) in [6.45, 7) is 3.58. The number of carbonyl (C=O) groups excluding carboxylic acids is 2. The van der Waals surface area contributed by atoms with E-state index in [0.717, 1.165) is 22.9 Å². The quantitative estimate of drug-likeness (QED) is 0.435. The zero-order valence-corrected chi connectivity index (χ0v) is 17.0. The highest BCUT2D eigenvalue weighted by molar-refractivity contribution is 7.89. The van der Waals surface area contributed by atoms with Crippen LogP contribution in [0.15, 0.2) is 53.6 Å². The highest BCUT2D eigenvalue weighted by Gasteiger charge is 2.17. The number of carbonyl (C=O) groups is 2. The van der Waals surface area contributed by atoms with E-state index in [1.165, 1.54) is 24.3 Å². The zero-order chi connectivity index (χ0) is 21.0. The Kier molecular flexibility index (Phi) is 6.14. The molecule has 0 fully saturated rings. The van der Waals surface area contributed by atoms with Crippen LogP contribution in [0.2, 0.25) is 0 Å². The van der Waals surface area contributed by atoms with Gasteiger partial charge in [-0.15, -0.1) is 0 Å². The van der Waals surface area contributed by atoms with Crippen molar-refractivity contribution >= 4 is 32.7 Å². The van der Waals surface area contributed by atoms with E-state index in [2.05, 4.69) is 9.71 Å². The van der Waals surface area contributed by atoms with E-state index < -0.39 is 22.6 Å². The topological polar surface area (TPSA) is 105 Å². The summed E-state index contributed by atoms with van der Waals surface area (Å²) in [5, 5.41) is 0.795. The molecule has 0 bridgehead atoms. The van der Waals surface area contributed by atoms with Gasteiger partial charge < -0.3 is 9.72 Å². The fourth-order valence-corrected chi connectivity index (χ4v) is 4.12. The average molecular weight is 414 g/mol. The van der Waals surface area contributed by atoms with Gasteiger partial charge in [-0.2, -0.15) is 0 Å². The minimum atomic E-state index is -3.59. The molecule has 0 radical (unpaired) electrons. The summed E-state index contributed by atoms with van der Waals surface area (Å²) in [7, 11) is -3.59. The Morgan fingerprint density at radius 3 is 2.45 bits per heavy atom. The number of Topliss-reactive ketones (excluding diaryl/α,β-unsaturated/α-hetero) is 1. The lowest BCUT2D eigenvalue weighted by Crippen LogP contribution is -2.23. The normalized spacial score (nSPS) is 11.5. The number of rotatable bonds is 8. The molecule has 0 aliphatic heterocycles. The molecule has 152 valence electrons. The third-order valence-corrected chi connectivity index (χ3v) is 6.11. The van der Waals surface area contributed by atoms with Gasteiger partial charge in [-0.05, 0) is 36.2 Å². The maximum atomic E-state index is 12.5. The van der Waals surface area contributed by atoms with Gasteiger partial charge in [0.1, 0.15) is 0 Å². The molecule has 0 aliphatic rings. The van der Waals surface area contributed by atoms with Crippen LogP contribution in [0.25, 0.3) is 10.9 Å². The summed E-state index contributed by atoms with van der Waals surface area (Å²) < 4.78 is 31.4. The molecular weight excluding hydrogens is 392 g/mol. The van der Waals surface area contributed by atoms with Crippen LogP contribution in [0.3, 0.4) is 0 Å². The first-order valence-corrected chi connectivity index (χ1v) is 10.7. The zero-order valence-electron chi connectivity index (χ0n) is 16.2. The van der Waals surface area contributed by atoms with Crippen LogP contribution in [-0.4, -0.2) is 38.3 Å². The molecule has 1 aromatic heterocycles. The number of hydrogen-bond acceptors (Lipinski definition) is 5. The molecule has 0 amide bonds. The van der Waals surface area contributed by atoms with Crippen LogP contribution >= 0.6 is 0 Å². The molecular formula is C21H22N2O5S. The van der Waals surface area contributed by atoms with Crippen molar-refractivity contribution in [2.75, 3.05) is 13.2 Å². The van der Waals surface area contributed by atoms with Crippen LogP contribution in [0.5, 0.6) is 0 Å². The molecule has 0 aliphatic carbocycles. The lowest BCUT2D eigenvalue weighted by Gasteiger charge is -2.07. The number of esters is 1. The fourth-order valence-electron chi connectivity index (χ4n) is 3.08. The smallest absolute Gasteiger partial charge is 0.338 e. The Labute approximate surface area is 169 Å². The van der Waals surface area contributed by atoms with Gasteiger partial charge in [0.15, 0.2) is 6.61 Å². The fraction of sp³-hybridized carbons (Fsp3) is 0.238. The lowest BCUT2D eigenvalue weighted by atomic mass is 10.1. The second-order valence-corrected chi connectivity index (χ2v) is 8.19. The van der Waals surface area contributed by atoms with Crippen molar-refractivity contribution in [1.82, 2.24) is 9.71 Å². The van der Waals surface area contributed by atoms with E-state index in [4.69, 9.17) is 4.74 Å².